The Balaban J connectivity index is 1.60. The van der Waals surface area contributed by atoms with Crippen LogP contribution in [0.4, 0.5) is 4.79 Å². The van der Waals surface area contributed by atoms with Gasteiger partial charge in [0.1, 0.15) is 11.6 Å². The number of aryl methyl sites for hydroxylation is 1. The number of unbranched alkanes of at least 4 members (excludes halogenated alkanes) is 5. The summed E-state index contributed by atoms with van der Waals surface area (Å²) in [4.78, 5) is 18.6. The predicted octanol–water partition coefficient (Wildman–Crippen LogP) is 5.68. The van der Waals surface area contributed by atoms with Crippen LogP contribution in [0.3, 0.4) is 0 Å². The number of aromatic nitrogens is 2. The zero-order valence-corrected chi connectivity index (χ0v) is 19.8. The molecule has 0 spiro atoms. The van der Waals surface area contributed by atoms with Gasteiger partial charge in [0.25, 0.3) is 0 Å². The predicted molar refractivity (Wildman–Crippen MR) is 123 cm³/mol. The molecule has 1 aliphatic heterocycles. The third kappa shape index (κ3) is 6.79. The van der Waals surface area contributed by atoms with Crippen molar-refractivity contribution in [3.63, 3.8) is 0 Å². The maximum absolute atomic E-state index is 12.6. The van der Waals surface area contributed by atoms with Gasteiger partial charge in [-0.2, -0.15) is 4.98 Å². The number of hydrogen-bond acceptors (Lipinski definition) is 6. The van der Waals surface area contributed by atoms with Gasteiger partial charge in [-0.1, -0.05) is 68.4 Å². The highest BCUT2D eigenvalue weighted by Crippen LogP contribution is 2.33. The molecule has 1 aromatic carbocycles. The van der Waals surface area contributed by atoms with Gasteiger partial charge in [-0.15, -0.1) is 0 Å². The second-order valence-corrected chi connectivity index (χ2v) is 9.71. The Labute approximate surface area is 191 Å². The maximum atomic E-state index is 12.6. The van der Waals surface area contributed by atoms with Gasteiger partial charge in [-0.25, -0.2) is 4.79 Å². The van der Waals surface area contributed by atoms with Gasteiger partial charge in [0, 0.05) is 12.0 Å². The van der Waals surface area contributed by atoms with E-state index in [1.54, 1.807) is 0 Å². The van der Waals surface area contributed by atoms with Gasteiger partial charge in [-0.3, -0.25) is 4.90 Å². The van der Waals surface area contributed by atoms with Crippen LogP contribution in [0, 0.1) is 0 Å². The van der Waals surface area contributed by atoms with E-state index in [1.807, 2.05) is 32.9 Å². The molecule has 2 aromatic rings. The first-order chi connectivity index (χ1) is 15.3. The molecule has 1 N–H and O–H groups in total. The molecule has 0 aliphatic carbocycles. The van der Waals surface area contributed by atoms with Crippen LogP contribution in [0.25, 0.3) is 11.4 Å². The average Bonchev–Trinajstić information content (AvgIpc) is 3.37. The number of likely N-dealkylation sites (tertiary alicyclic amines) is 1. The maximum Gasteiger partial charge on any atom is 0.411 e. The van der Waals surface area contributed by atoms with Crippen LogP contribution < -0.4 is 0 Å². The minimum Gasteiger partial charge on any atom is -0.444 e. The number of ether oxygens (including phenoxy) is 1. The van der Waals surface area contributed by atoms with Crippen molar-refractivity contribution in [3.8, 4) is 11.4 Å². The van der Waals surface area contributed by atoms with E-state index in [0.29, 0.717) is 18.1 Å². The molecular formula is C25H37N3O4. The largest absolute Gasteiger partial charge is 0.444 e. The molecule has 2 atom stereocenters. The molecule has 32 heavy (non-hydrogen) atoms. The lowest BCUT2D eigenvalue weighted by Crippen LogP contribution is -2.37. The summed E-state index contributed by atoms with van der Waals surface area (Å²) in [6.07, 6.45) is 8.02. The number of nitrogens with zero attached hydrogens (tertiary/aromatic N) is 3. The fraction of sp³-hybridized carbons (Fsp3) is 0.640. The lowest BCUT2D eigenvalue weighted by molar-refractivity contribution is 0.0184. The molecule has 1 aromatic heterocycles. The standard InChI is InChI=1S/C25H37N3O4/c1-5-6-7-8-9-10-11-18-12-14-19(15-13-18)22-26-23(32-27-22)21-16-20(29)17-28(21)24(30)31-25(2,3)4/h12-15,20-21,29H,5-11,16-17H2,1-4H3/t20-,21+/m1/s1. The summed E-state index contributed by atoms with van der Waals surface area (Å²) in [7, 11) is 0. The highest BCUT2D eigenvalue weighted by Gasteiger charge is 2.40. The number of carbonyl (C=O) groups is 1. The first-order valence-electron chi connectivity index (χ1n) is 11.9. The Bertz CT molecular complexity index is 857. The van der Waals surface area contributed by atoms with E-state index < -0.39 is 23.8 Å². The zero-order valence-electron chi connectivity index (χ0n) is 19.8. The molecular weight excluding hydrogens is 406 g/mol. The fourth-order valence-electron chi connectivity index (χ4n) is 3.99. The van der Waals surface area contributed by atoms with E-state index in [9.17, 15) is 9.90 Å². The van der Waals surface area contributed by atoms with Crippen LogP contribution in [0.5, 0.6) is 0 Å². The number of aliphatic hydroxyl groups excluding tert-OH is 1. The fourth-order valence-corrected chi connectivity index (χ4v) is 3.99. The van der Waals surface area contributed by atoms with Crippen molar-refractivity contribution in [2.75, 3.05) is 6.54 Å². The molecule has 1 fully saturated rings. The van der Waals surface area contributed by atoms with Gasteiger partial charge in [0.05, 0.1) is 12.6 Å². The number of β-amino-alcohol motifs (C(OH)–C–C–N with tert-alkyl or cyclic N) is 1. The zero-order chi connectivity index (χ0) is 23.1. The summed E-state index contributed by atoms with van der Waals surface area (Å²) in [5.74, 6) is 0.801. The highest BCUT2D eigenvalue weighted by molar-refractivity contribution is 5.69. The average molecular weight is 444 g/mol. The number of rotatable bonds is 9. The summed E-state index contributed by atoms with van der Waals surface area (Å²) < 4.78 is 11.0. The summed E-state index contributed by atoms with van der Waals surface area (Å²) in [6.45, 7) is 7.86. The third-order valence-corrected chi connectivity index (χ3v) is 5.66. The monoisotopic (exact) mass is 443 g/mol. The van der Waals surface area contributed by atoms with Crippen molar-refractivity contribution >= 4 is 6.09 Å². The first-order valence-corrected chi connectivity index (χ1v) is 11.9. The third-order valence-electron chi connectivity index (χ3n) is 5.66. The lowest BCUT2D eigenvalue weighted by Gasteiger charge is -2.26. The number of carbonyl (C=O) groups excluding carboxylic acids is 1. The van der Waals surface area contributed by atoms with Crippen molar-refractivity contribution in [1.82, 2.24) is 15.0 Å². The quantitative estimate of drug-likeness (QED) is 0.501. The SMILES string of the molecule is CCCCCCCCc1ccc(-c2noc([C@@H]3C[C@@H](O)CN3C(=O)OC(C)(C)C)n2)cc1. The van der Waals surface area contributed by atoms with Crippen molar-refractivity contribution < 1.29 is 19.2 Å². The normalized spacial score (nSPS) is 18.8. The Morgan fingerprint density at radius 3 is 2.53 bits per heavy atom. The molecule has 0 bridgehead atoms. The topological polar surface area (TPSA) is 88.7 Å². The molecule has 1 aliphatic rings. The van der Waals surface area contributed by atoms with Crippen LogP contribution in [-0.2, 0) is 11.2 Å². The molecule has 3 rings (SSSR count). The molecule has 0 saturated carbocycles. The molecule has 1 amide bonds. The summed E-state index contributed by atoms with van der Waals surface area (Å²) in [5.41, 5.74) is 1.56. The molecule has 1 saturated heterocycles. The van der Waals surface area contributed by atoms with Gasteiger partial charge >= 0.3 is 6.09 Å². The summed E-state index contributed by atoms with van der Waals surface area (Å²) in [6, 6.07) is 7.76. The molecule has 7 heteroatoms. The number of amides is 1. The Hall–Kier alpha value is -2.41. The first kappa shape index (κ1) is 24.2. The van der Waals surface area contributed by atoms with E-state index in [-0.39, 0.29) is 6.54 Å². The summed E-state index contributed by atoms with van der Waals surface area (Å²) in [5, 5.41) is 14.2. The van der Waals surface area contributed by atoms with E-state index in [0.717, 1.165) is 12.0 Å². The van der Waals surface area contributed by atoms with E-state index >= 15 is 0 Å². The molecule has 7 nitrogen and oxygen atoms in total. The Morgan fingerprint density at radius 1 is 1.16 bits per heavy atom. The van der Waals surface area contributed by atoms with Crippen molar-refractivity contribution in [2.45, 2.75) is 96.8 Å². The van der Waals surface area contributed by atoms with Gasteiger partial charge < -0.3 is 14.4 Å². The molecule has 2 heterocycles. The van der Waals surface area contributed by atoms with E-state index in [4.69, 9.17) is 9.26 Å². The van der Waals surface area contributed by atoms with Crippen LogP contribution in [0.15, 0.2) is 28.8 Å². The highest BCUT2D eigenvalue weighted by atomic mass is 16.6. The Morgan fingerprint density at radius 2 is 1.84 bits per heavy atom. The minimum atomic E-state index is -0.649. The van der Waals surface area contributed by atoms with Crippen LogP contribution >= 0.6 is 0 Å². The molecule has 176 valence electrons. The molecule has 0 radical (unpaired) electrons. The van der Waals surface area contributed by atoms with E-state index in [2.05, 4.69) is 29.2 Å². The van der Waals surface area contributed by atoms with Crippen LogP contribution in [-0.4, -0.2) is 44.5 Å². The van der Waals surface area contributed by atoms with Crippen molar-refractivity contribution in [2.24, 2.45) is 0 Å². The summed E-state index contributed by atoms with van der Waals surface area (Å²) >= 11 is 0. The molecule has 0 unspecified atom stereocenters. The van der Waals surface area contributed by atoms with Crippen molar-refractivity contribution in [3.05, 3.63) is 35.7 Å². The van der Waals surface area contributed by atoms with Gasteiger partial charge in [-0.05, 0) is 39.2 Å². The van der Waals surface area contributed by atoms with Crippen molar-refractivity contribution in [1.29, 1.82) is 0 Å². The van der Waals surface area contributed by atoms with Crippen LogP contribution in [0.2, 0.25) is 0 Å². The van der Waals surface area contributed by atoms with E-state index in [1.165, 1.54) is 49.0 Å². The number of hydrogen-bond donors (Lipinski definition) is 1. The second-order valence-electron chi connectivity index (χ2n) is 9.71. The number of benzene rings is 1. The minimum absolute atomic E-state index is 0.185. The lowest BCUT2D eigenvalue weighted by atomic mass is 10.0. The Kier molecular flexibility index (Phi) is 8.29. The van der Waals surface area contributed by atoms with Gasteiger partial charge in [0.2, 0.25) is 11.7 Å². The smallest absolute Gasteiger partial charge is 0.411 e. The number of aliphatic hydroxyl groups is 1. The second kappa shape index (κ2) is 10.9. The van der Waals surface area contributed by atoms with Gasteiger partial charge in [0.15, 0.2) is 0 Å². The van der Waals surface area contributed by atoms with Crippen LogP contribution in [0.1, 0.15) is 90.1 Å².